The van der Waals surface area contributed by atoms with Crippen molar-refractivity contribution in [3.63, 3.8) is 0 Å². The molecule has 5 heteroatoms. The summed E-state index contributed by atoms with van der Waals surface area (Å²) in [7, 11) is 1.55. The standard InChI is InChI=1S/C19H37NO4/c1-5-7-8-9-10-11-12-13-14-15-16-24-18(21)17(3)20(4)19(22)23-6-2/h17H,5-16H2,1-4H3. The molecule has 0 aromatic rings. The van der Waals surface area contributed by atoms with Gasteiger partial charge in [0, 0.05) is 7.05 Å². The summed E-state index contributed by atoms with van der Waals surface area (Å²) in [4.78, 5) is 24.7. The zero-order valence-electron chi connectivity index (χ0n) is 16.1. The number of nitrogens with zero attached hydrogens (tertiary/aromatic N) is 1. The first-order valence-corrected chi connectivity index (χ1v) is 9.60. The van der Waals surface area contributed by atoms with E-state index in [2.05, 4.69) is 6.92 Å². The lowest BCUT2D eigenvalue weighted by molar-refractivity contribution is -0.148. The molecule has 0 spiro atoms. The fourth-order valence-corrected chi connectivity index (χ4v) is 2.42. The molecule has 0 radical (unpaired) electrons. The predicted molar refractivity (Wildman–Crippen MR) is 97.1 cm³/mol. The molecular formula is C19H37NO4. The zero-order valence-corrected chi connectivity index (χ0v) is 16.1. The summed E-state index contributed by atoms with van der Waals surface area (Å²) < 4.78 is 10.1. The number of hydrogen-bond acceptors (Lipinski definition) is 4. The van der Waals surface area contributed by atoms with Crippen molar-refractivity contribution in [3.8, 4) is 0 Å². The quantitative estimate of drug-likeness (QED) is 0.331. The first kappa shape index (κ1) is 22.7. The maximum atomic E-state index is 11.9. The van der Waals surface area contributed by atoms with E-state index in [1.165, 1.54) is 56.3 Å². The van der Waals surface area contributed by atoms with Gasteiger partial charge in [-0.3, -0.25) is 4.90 Å². The summed E-state index contributed by atoms with van der Waals surface area (Å²) in [5, 5.41) is 0. The highest BCUT2D eigenvalue weighted by molar-refractivity contribution is 5.80. The Morgan fingerprint density at radius 1 is 0.833 bits per heavy atom. The third kappa shape index (κ3) is 11.3. The average Bonchev–Trinajstić information content (AvgIpc) is 2.58. The van der Waals surface area contributed by atoms with Crippen LogP contribution in [-0.2, 0) is 14.3 Å². The van der Waals surface area contributed by atoms with Gasteiger partial charge in [0.05, 0.1) is 13.2 Å². The highest BCUT2D eigenvalue weighted by atomic mass is 16.6. The highest BCUT2D eigenvalue weighted by Gasteiger charge is 2.24. The Labute approximate surface area is 148 Å². The second-order valence-corrected chi connectivity index (χ2v) is 6.34. The summed E-state index contributed by atoms with van der Waals surface area (Å²) in [5.74, 6) is -0.374. The molecule has 0 aliphatic rings. The van der Waals surface area contributed by atoms with Crippen molar-refractivity contribution in [2.75, 3.05) is 20.3 Å². The van der Waals surface area contributed by atoms with Crippen LogP contribution in [0.2, 0.25) is 0 Å². The fraction of sp³-hybridized carbons (Fsp3) is 0.895. The van der Waals surface area contributed by atoms with Gasteiger partial charge in [-0.05, 0) is 20.3 Å². The van der Waals surface area contributed by atoms with Gasteiger partial charge >= 0.3 is 12.1 Å². The maximum absolute atomic E-state index is 11.9. The van der Waals surface area contributed by atoms with Crippen LogP contribution in [0.15, 0.2) is 0 Å². The van der Waals surface area contributed by atoms with E-state index >= 15 is 0 Å². The SMILES string of the molecule is CCCCCCCCCCCCOC(=O)C(C)N(C)C(=O)OCC. The minimum absolute atomic E-state index is 0.295. The number of esters is 1. The van der Waals surface area contributed by atoms with Crippen LogP contribution >= 0.6 is 0 Å². The number of rotatable bonds is 14. The molecule has 5 nitrogen and oxygen atoms in total. The smallest absolute Gasteiger partial charge is 0.410 e. The minimum Gasteiger partial charge on any atom is -0.464 e. The number of unbranched alkanes of at least 4 members (excludes halogenated alkanes) is 9. The molecule has 0 bridgehead atoms. The summed E-state index contributed by atoms with van der Waals surface area (Å²) in [6.07, 6.45) is 12.0. The van der Waals surface area contributed by atoms with Crippen LogP contribution in [0.1, 0.15) is 85.0 Å². The molecule has 0 rings (SSSR count). The van der Waals surface area contributed by atoms with E-state index in [0.29, 0.717) is 13.2 Å². The number of carbonyl (C=O) groups is 2. The Balaban J connectivity index is 3.56. The van der Waals surface area contributed by atoms with Crippen LogP contribution in [0.25, 0.3) is 0 Å². The Hall–Kier alpha value is -1.26. The van der Waals surface area contributed by atoms with Crippen LogP contribution in [0.3, 0.4) is 0 Å². The molecule has 1 unspecified atom stereocenters. The number of hydrogen-bond donors (Lipinski definition) is 0. The molecule has 1 amide bonds. The second-order valence-electron chi connectivity index (χ2n) is 6.34. The second kappa shape index (κ2) is 15.3. The van der Waals surface area contributed by atoms with Gasteiger partial charge in [0.15, 0.2) is 0 Å². The fourth-order valence-electron chi connectivity index (χ4n) is 2.42. The van der Waals surface area contributed by atoms with Gasteiger partial charge in [0.25, 0.3) is 0 Å². The maximum Gasteiger partial charge on any atom is 0.410 e. The van der Waals surface area contributed by atoms with Gasteiger partial charge in [-0.2, -0.15) is 0 Å². The van der Waals surface area contributed by atoms with Crippen LogP contribution in [0, 0.1) is 0 Å². The van der Waals surface area contributed by atoms with Crippen LogP contribution in [0.4, 0.5) is 4.79 Å². The van der Waals surface area contributed by atoms with Crippen molar-refractivity contribution < 1.29 is 19.1 Å². The third-order valence-electron chi connectivity index (χ3n) is 4.22. The van der Waals surface area contributed by atoms with Crippen LogP contribution in [-0.4, -0.2) is 43.3 Å². The first-order valence-electron chi connectivity index (χ1n) is 9.60. The van der Waals surface area contributed by atoms with Crippen molar-refractivity contribution >= 4 is 12.1 Å². The lowest BCUT2D eigenvalue weighted by Gasteiger charge is -2.22. The van der Waals surface area contributed by atoms with Crippen molar-refractivity contribution in [2.24, 2.45) is 0 Å². The molecule has 0 aromatic heterocycles. The first-order chi connectivity index (χ1) is 11.5. The monoisotopic (exact) mass is 343 g/mol. The topological polar surface area (TPSA) is 55.8 Å². The van der Waals surface area contributed by atoms with Gasteiger partial charge in [-0.1, -0.05) is 64.7 Å². The highest BCUT2D eigenvalue weighted by Crippen LogP contribution is 2.10. The molecule has 1 atom stereocenters. The number of ether oxygens (including phenoxy) is 2. The number of likely N-dealkylation sites (N-methyl/N-ethyl adjacent to an activating group) is 1. The summed E-state index contributed by atoms with van der Waals surface area (Å²) in [6.45, 7) is 6.35. The molecule has 0 aliphatic carbocycles. The van der Waals surface area contributed by atoms with Crippen LogP contribution in [0.5, 0.6) is 0 Å². The van der Waals surface area contributed by atoms with E-state index in [1.54, 1.807) is 20.9 Å². The third-order valence-corrected chi connectivity index (χ3v) is 4.22. The summed E-state index contributed by atoms with van der Waals surface area (Å²) >= 11 is 0. The van der Waals surface area contributed by atoms with E-state index in [-0.39, 0.29) is 5.97 Å². The molecule has 0 saturated heterocycles. The van der Waals surface area contributed by atoms with E-state index in [0.717, 1.165) is 12.8 Å². The van der Waals surface area contributed by atoms with Gasteiger partial charge < -0.3 is 9.47 Å². The molecular weight excluding hydrogens is 306 g/mol. The Kier molecular flexibility index (Phi) is 14.5. The molecule has 0 N–H and O–H groups in total. The van der Waals surface area contributed by atoms with Crippen molar-refractivity contribution in [1.82, 2.24) is 4.90 Å². The zero-order chi connectivity index (χ0) is 18.2. The Morgan fingerprint density at radius 2 is 1.33 bits per heavy atom. The number of carbonyl (C=O) groups excluding carboxylic acids is 2. The van der Waals surface area contributed by atoms with E-state index < -0.39 is 12.1 Å². The Morgan fingerprint density at radius 3 is 1.83 bits per heavy atom. The molecule has 24 heavy (non-hydrogen) atoms. The van der Waals surface area contributed by atoms with Gasteiger partial charge in [-0.15, -0.1) is 0 Å². The molecule has 0 saturated carbocycles. The average molecular weight is 344 g/mol. The largest absolute Gasteiger partial charge is 0.464 e. The van der Waals surface area contributed by atoms with Crippen LogP contribution < -0.4 is 0 Å². The normalized spacial score (nSPS) is 11.8. The van der Waals surface area contributed by atoms with E-state index in [9.17, 15) is 9.59 Å². The van der Waals surface area contributed by atoms with Crippen molar-refractivity contribution in [2.45, 2.75) is 91.0 Å². The van der Waals surface area contributed by atoms with Gasteiger partial charge in [-0.25, -0.2) is 9.59 Å². The predicted octanol–water partition coefficient (Wildman–Crippen LogP) is 4.93. The van der Waals surface area contributed by atoms with E-state index in [4.69, 9.17) is 9.47 Å². The molecule has 0 aromatic carbocycles. The summed E-state index contributed by atoms with van der Waals surface area (Å²) in [6, 6.07) is -0.618. The van der Waals surface area contributed by atoms with Crippen molar-refractivity contribution in [1.29, 1.82) is 0 Å². The molecule has 0 aliphatic heterocycles. The lowest BCUT2D eigenvalue weighted by Crippen LogP contribution is -2.41. The van der Waals surface area contributed by atoms with E-state index in [1.807, 2.05) is 0 Å². The van der Waals surface area contributed by atoms with Crippen molar-refractivity contribution in [3.05, 3.63) is 0 Å². The molecule has 142 valence electrons. The minimum atomic E-state index is -0.618. The molecule has 0 fully saturated rings. The van der Waals surface area contributed by atoms with Gasteiger partial charge in [0.2, 0.25) is 0 Å². The lowest BCUT2D eigenvalue weighted by atomic mass is 10.1. The molecule has 0 heterocycles. The summed E-state index contributed by atoms with van der Waals surface area (Å²) in [5.41, 5.74) is 0. The van der Waals surface area contributed by atoms with Gasteiger partial charge in [0.1, 0.15) is 6.04 Å². The Bertz CT molecular complexity index is 333. The number of amides is 1.